The average Bonchev–Trinajstić information content (AvgIpc) is 2.61. The molecule has 0 aromatic heterocycles. The summed E-state index contributed by atoms with van der Waals surface area (Å²) in [5, 5.41) is 3.76. The number of esters is 1. The molecule has 0 fully saturated rings. The number of nitrogens with one attached hydrogen (secondary N) is 1. The van der Waals surface area contributed by atoms with Crippen molar-refractivity contribution < 1.29 is 14.3 Å². The molecular weight excluding hydrogens is 387 g/mol. The van der Waals surface area contributed by atoms with E-state index in [0.29, 0.717) is 15.6 Å². The fourth-order valence-corrected chi connectivity index (χ4v) is 3.01. The van der Waals surface area contributed by atoms with Gasteiger partial charge in [0.25, 0.3) is 5.91 Å². The smallest absolute Gasteiger partial charge is 0.338 e. The van der Waals surface area contributed by atoms with Gasteiger partial charge in [0.1, 0.15) is 0 Å². The number of amides is 1. The predicted molar refractivity (Wildman–Crippen MR) is 109 cm³/mol. The first kappa shape index (κ1) is 21.1. The summed E-state index contributed by atoms with van der Waals surface area (Å²) >= 11 is 12.1. The quantitative estimate of drug-likeness (QED) is 0.715. The van der Waals surface area contributed by atoms with Crippen LogP contribution in [0.2, 0.25) is 10.0 Å². The van der Waals surface area contributed by atoms with Crippen LogP contribution in [0.3, 0.4) is 0 Å². The molecule has 7 heteroatoms. The van der Waals surface area contributed by atoms with Gasteiger partial charge in [-0.3, -0.25) is 4.79 Å². The van der Waals surface area contributed by atoms with Crippen LogP contribution in [-0.2, 0) is 9.53 Å². The van der Waals surface area contributed by atoms with E-state index in [4.69, 9.17) is 27.9 Å². The van der Waals surface area contributed by atoms with Crippen LogP contribution in [-0.4, -0.2) is 32.1 Å². The van der Waals surface area contributed by atoms with Gasteiger partial charge in [0.2, 0.25) is 0 Å². The normalized spacial score (nSPS) is 12.8. The Hall–Kier alpha value is -2.24. The second kappa shape index (κ2) is 9.11. The molecule has 2 aromatic rings. The number of carbonyl (C=O) groups excluding carboxylic acids is 2. The third-order valence-corrected chi connectivity index (χ3v) is 4.62. The van der Waals surface area contributed by atoms with Crippen molar-refractivity contribution in [2.45, 2.75) is 26.0 Å². The average molecular weight is 409 g/mol. The standard InChI is InChI=1S/C20H22Cl2N2O3/c1-12(17-10-7-15(21)11-18(17)22)23-19(25)13(2)27-20(26)14-5-8-16(9-6-14)24(3)4/h5-13H,1-4H3,(H,23,25)/t12-,13-/m1/s1. The molecule has 5 nitrogen and oxygen atoms in total. The molecule has 2 aromatic carbocycles. The van der Waals surface area contributed by atoms with Crippen LogP contribution in [0.4, 0.5) is 5.69 Å². The Bertz CT molecular complexity index is 822. The number of ether oxygens (including phenoxy) is 1. The number of hydrogen-bond acceptors (Lipinski definition) is 4. The summed E-state index contributed by atoms with van der Waals surface area (Å²) in [7, 11) is 3.82. The molecule has 0 heterocycles. The summed E-state index contributed by atoms with van der Waals surface area (Å²) in [5.41, 5.74) is 2.08. The van der Waals surface area contributed by atoms with Crippen LogP contribution in [0.15, 0.2) is 42.5 Å². The van der Waals surface area contributed by atoms with Crippen molar-refractivity contribution in [3.8, 4) is 0 Å². The zero-order valence-corrected chi connectivity index (χ0v) is 17.1. The molecule has 0 unspecified atom stereocenters. The fourth-order valence-electron chi connectivity index (χ4n) is 2.44. The Kier molecular flexibility index (Phi) is 7.11. The first-order valence-corrected chi connectivity index (χ1v) is 9.18. The van der Waals surface area contributed by atoms with Crippen LogP contribution < -0.4 is 10.2 Å². The van der Waals surface area contributed by atoms with E-state index >= 15 is 0 Å². The predicted octanol–water partition coefficient (Wildman–Crippen LogP) is 4.48. The number of hydrogen-bond donors (Lipinski definition) is 1. The van der Waals surface area contributed by atoms with Crippen molar-refractivity contribution >= 4 is 40.8 Å². The van der Waals surface area contributed by atoms with E-state index in [1.807, 2.05) is 31.1 Å². The van der Waals surface area contributed by atoms with Crippen LogP contribution in [0.1, 0.15) is 35.8 Å². The van der Waals surface area contributed by atoms with Crippen molar-refractivity contribution in [3.05, 3.63) is 63.6 Å². The molecule has 0 bridgehead atoms. The lowest BCUT2D eigenvalue weighted by Gasteiger charge is -2.19. The van der Waals surface area contributed by atoms with E-state index in [2.05, 4.69) is 5.32 Å². The molecule has 0 saturated carbocycles. The SMILES string of the molecule is C[C@@H](OC(=O)c1ccc(N(C)C)cc1)C(=O)N[C@H](C)c1ccc(Cl)cc1Cl. The lowest BCUT2D eigenvalue weighted by molar-refractivity contribution is -0.129. The molecule has 144 valence electrons. The van der Waals surface area contributed by atoms with Gasteiger partial charge in [0.15, 0.2) is 6.10 Å². The van der Waals surface area contributed by atoms with Gasteiger partial charge in [-0.05, 0) is 55.8 Å². The molecule has 0 radical (unpaired) electrons. The largest absolute Gasteiger partial charge is 0.449 e. The first-order valence-electron chi connectivity index (χ1n) is 8.42. The Morgan fingerprint density at radius 2 is 1.67 bits per heavy atom. The minimum absolute atomic E-state index is 0.359. The van der Waals surface area contributed by atoms with Crippen molar-refractivity contribution in [3.63, 3.8) is 0 Å². The summed E-state index contributed by atoms with van der Waals surface area (Å²) in [6.07, 6.45) is -0.945. The molecule has 1 amide bonds. The lowest BCUT2D eigenvalue weighted by atomic mass is 10.1. The van der Waals surface area contributed by atoms with Gasteiger partial charge in [-0.2, -0.15) is 0 Å². The third-order valence-electron chi connectivity index (χ3n) is 4.06. The van der Waals surface area contributed by atoms with Gasteiger partial charge in [0.05, 0.1) is 11.6 Å². The van der Waals surface area contributed by atoms with E-state index in [0.717, 1.165) is 11.3 Å². The minimum Gasteiger partial charge on any atom is -0.449 e. The Balaban J connectivity index is 1.97. The van der Waals surface area contributed by atoms with Gasteiger partial charge in [0, 0.05) is 29.8 Å². The molecule has 2 atom stereocenters. The summed E-state index contributed by atoms with van der Waals surface area (Å²) in [6.45, 7) is 3.32. The first-order chi connectivity index (χ1) is 12.7. The lowest BCUT2D eigenvalue weighted by Crippen LogP contribution is -2.37. The molecular formula is C20H22Cl2N2O3. The topological polar surface area (TPSA) is 58.6 Å². The zero-order valence-electron chi connectivity index (χ0n) is 15.6. The monoisotopic (exact) mass is 408 g/mol. The second-order valence-electron chi connectivity index (χ2n) is 6.38. The summed E-state index contributed by atoms with van der Waals surface area (Å²) in [6, 6.07) is 11.7. The highest BCUT2D eigenvalue weighted by molar-refractivity contribution is 6.35. The maximum atomic E-state index is 12.4. The number of halogens is 2. The van der Waals surface area contributed by atoms with Crippen LogP contribution in [0.25, 0.3) is 0 Å². The van der Waals surface area contributed by atoms with Crippen LogP contribution in [0, 0.1) is 0 Å². The number of benzene rings is 2. The zero-order chi connectivity index (χ0) is 20.1. The third kappa shape index (κ3) is 5.62. The van der Waals surface area contributed by atoms with Crippen molar-refractivity contribution in [2.24, 2.45) is 0 Å². The van der Waals surface area contributed by atoms with Gasteiger partial charge in [-0.15, -0.1) is 0 Å². The second-order valence-corrected chi connectivity index (χ2v) is 7.23. The molecule has 27 heavy (non-hydrogen) atoms. The summed E-state index contributed by atoms with van der Waals surface area (Å²) in [4.78, 5) is 26.5. The maximum Gasteiger partial charge on any atom is 0.338 e. The van der Waals surface area contributed by atoms with Gasteiger partial charge >= 0.3 is 5.97 Å². The number of nitrogens with zero attached hydrogens (tertiary/aromatic N) is 1. The van der Waals surface area contributed by atoms with Gasteiger partial charge in [-0.25, -0.2) is 4.79 Å². The highest BCUT2D eigenvalue weighted by atomic mass is 35.5. The molecule has 0 spiro atoms. The van der Waals surface area contributed by atoms with Crippen molar-refractivity contribution in [2.75, 3.05) is 19.0 Å². The maximum absolute atomic E-state index is 12.4. The Labute approximate surface area is 169 Å². The molecule has 0 aliphatic heterocycles. The fraction of sp³-hybridized carbons (Fsp3) is 0.300. The van der Waals surface area contributed by atoms with E-state index in [9.17, 15) is 9.59 Å². The highest BCUT2D eigenvalue weighted by Crippen LogP contribution is 2.26. The number of carbonyl (C=O) groups is 2. The molecule has 1 N–H and O–H groups in total. The summed E-state index contributed by atoms with van der Waals surface area (Å²) < 4.78 is 5.27. The van der Waals surface area contributed by atoms with E-state index in [1.165, 1.54) is 6.92 Å². The minimum atomic E-state index is -0.945. The van der Waals surface area contributed by atoms with Crippen molar-refractivity contribution in [1.82, 2.24) is 5.32 Å². The Morgan fingerprint density at radius 1 is 1.04 bits per heavy atom. The number of anilines is 1. The molecule has 2 rings (SSSR count). The number of rotatable bonds is 6. The molecule has 0 aliphatic rings. The highest BCUT2D eigenvalue weighted by Gasteiger charge is 2.21. The molecule has 0 aliphatic carbocycles. The van der Waals surface area contributed by atoms with E-state index in [-0.39, 0.29) is 6.04 Å². The van der Waals surface area contributed by atoms with Crippen LogP contribution in [0.5, 0.6) is 0 Å². The van der Waals surface area contributed by atoms with E-state index in [1.54, 1.807) is 37.3 Å². The summed E-state index contributed by atoms with van der Waals surface area (Å²) in [5.74, 6) is -0.966. The van der Waals surface area contributed by atoms with Gasteiger partial charge < -0.3 is 15.0 Å². The Morgan fingerprint density at radius 3 is 2.22 bits per heavy atom. The van der Waals surface area contributed by atoms with E-state index < -0.39 is 18.0 Å². The van der Waals surface area contributed by atoms with Gasteiger partial charge in [-0.1, -0.05) is 29.3 Å². The van der Waals surface area contributed by atoms with Crippen LogP contribution >= 0.6 is 23.2 Å². The molecule has 0 saturated heterocycles. The van der Waals surface area contributed by atoms with Crippen molar-refractivity contribution in [1.29, 1.82) is 0 Å².